The van der Waals surface area contributed by atoms with Crippen LogP contribution in [-0.4, -0.2) is 28.4 Å². The molecule has 3 aromatic rings. The van der Waals surface area contributed by atoms with E-state index in [0.717, 1.165) is 34.9 Å². The Kier molecular flexibility index (Phi) is 6.96. The summed E-state index contributed by atoms with van der Waals surface area (Å²) in [6.45, 7) is 11.4. The molecule has 3 heterocycles. The third-order valence-electron chi connectivity index (χ3n) is 4.83. The highest BCUT2D eigenvalue weighted by molar-refractivity contribution is 5.79. The zero-order chi connectivity index (χ0) is 22.4. The molecular weight excluding hydrogens is 391 g/mol. The van der Waals surface area contributed by atoms with Gasteiger partial charge in [0.2, 0.25) is 0 Å². The van der Waals surface area contributed by atoms with Crippen molar-refractivity contribution in [1.82, 2.24) is 25.4 Å². The van der Waals surface area contributed by atoms with E-state index in [4.69, 9.17) is 0 Å². The smallest absolute Gasteiger partial charge is 0.133 e. The third kappa shape index (κ3) is 4.55. The van der Waals surface area contributed by atoms with Crippen molar-refractivity contribution in [2.75, 3.05) is 13.6 Å². The lowest BCUT2D eigenvalue weighted by Crippen LogP contribution is -2.05. The van der Waals surface area contributed by atoms with Crippen molar-refractivity contribution in [3.63, 3.8) is 0 Å². The van der Waals surface area contributed by atoms with E-state index in [2.05, 4.69) is 40.8 Å². The first kappa shape index (κ1) is 21.9. The number of benzene rings is 1. The Balaban J connectivity index is 0.000000628. The maximum Gasteiger partial charge on any atom is 0.133 e. The predicted molar refractivity (Wildman–Crippen MR) is 121 cm³/mol. The van der Waals surface area contributed by atoms with Crippen molar-refractivity contribution in [2.45, 2.75) is 19.9 Å². The summed E-state index contributed by atoms with van der Waals surface area (Å²) in [7, 11) is 1.93. The van der Waals surface area contributed by atoms with E-state index in [0.29, 0.717) is 18.7 Å². The summed E-state index contributed by atoms with van der Waals surface area (Å²) in [5, 5.41) is 20.1. The first-order valence-electron chi connectivity index (χ1n) is 10.00. The molecule has 0 atom stereocenters. The first-order chi connectivity index (χ1) is 15.0. The minimum atomic E-state index is -0.481. The van der Waals surface area contributed by atoms with Crippen LogP contribution in [0.2, 0.25) is 0 Å². The topological polar surface area (TPSA) is 78.6 Å². The normalized spacial score (nSPS) is 11.7. The van der Waals surface area contributed by atoms with Crippen LogP contribution in [0.5, 0.6) is 0 Å². The van der Waals surface area contributed by atoms with Crippen LogP contribution in [0.1, 0.15) is 29.4 Å². The van der Waals surface area contributed by atoms with Crippen LogP contribution in [0, 0.1) is 17.1 Å². The third-order valence-corrected chi connectivity index (χ3v) is 4.83. The molecule has 7 heteroatoms. The first-order valence-corrected chi connectivity index (χ1v) is 10.00. The second kappa shape index (κ2) is 9.83. The lowest BCUT2D eigenvalue weighted by molar-refractivity contribution is 0.630. The molecule has 0 bridgehead atoms. The van der Waals surface area contributed by atoms with Gasteiger partial charge in [-0.3, -0.25) is 0 Å². The van der Waals surface area contributed by atoms with Gasteiger partial charge in [-0.05, 0) is 37.9 Å². The Bertz CT molecular complexity index is 1150. The van der Waals surface area contributed by atoms with Crippen LogP contribution in [0.25, 0.3) is 22.6 Å². The SMILES string of the molecule is C=CCc1ccn(-c2cc(-c3c(F)cccc3C#N)nc3c2C(=C)NC3)n1.CCNC. The Morgan fingerprint density at radius 2 is 2.13 bits per heavy atom. The number of pyridine rings is 1. The van der Waals surface area contributed by atoms with Gasteiger partial charge in [-0.15, -0.1) is 6.58 Å². The van der Waals surface area contributed by atoms with Gasteiger partial charge < -0.3 is 10.6 Å². The van der Waals surface area contributed by atoms with Crippen LogP contribution < -0.4 is 10.6 Å². The summed E-state index contributed by atoms with van der Waals surface area (Å²) in [4.78, 5) is 4.60. The van der Waals surface area contributed by atoms with E-state index >= 15 is 0 Å². The molecule has 0 amide bonds. The zero-order valence-corrected chi connectivity index (χ0v) is 17.7. The average molecular weight is 417 g/mol. The van der Waals surface area contributed by atoms with Crippen LogP contribution in [0.4, 0.5) is 4.39 Å². The number of nitrogens with zero attached hydrogens (tertiary/aromatic N) is 4. The second-order valence-electron chi connectivity index (χ2n) is 6.91. The van der Waals surface area contributed by atoms with Crippen LogP contribution in [0.3, 0.4) is 0 Å². The van der Waals surface area contributed by atoms with Crippen LogP contribution >= 0.6 is 0 Å². The number of halogens is 1. The summed E-state index contributed by atoms with van der Waals surface area (Å²) in [6.07, 6.45) is 4.28. The minimum Gasteiger partial charge on any atom is -0.379 e. The van der Waals surface area contributed by atoms with Crippen LogP contribution in [0.15, 0.2) is 55.8 Å². The second-order valence-corrected chi connectivity index (χ2v) is 6.91. The van der Waals surface area contributed by atoms with Crippen molar-refractivity contribution < 1.29 is 4.39 Å². The van der Waals surface area contributed by atoms with Gasteiger partial charge >= 0.3 is 0 Å². The Hall–Kier alpha value is -3.76. The number of hydrogen-bond acceptors (Lipinski definition) is 5. The lowest BCUT2D eigenvalue weighted by Gasteiger charge is -2.12. The predicted octanol–water partition coefficient (Wildman–Crippen LogP) is 3.97. The van der Waals surface area contributed by atoms with Crippen molar-refractivity contribution in [3.05, 3.63) is 84.1 Å². The molecule has 6 nitrogen and oxygen atoms in total. The molecule has 0 spiro atoms. The summed E-state index contributed by atoms with van der Waals surface area (Å²) < 4.78 is 16.3. The number of fused-ring (bicyclic) bond motifs is 1. The van der Waals surface area contributed by atoms with Gasteiger partial charge in [0, 0.05) is 23.9 Å². The van der Waals surface area contributed by atoms with Gasteiger partial charge in [0.15, 0.2) is 0 Å². The Morgan fingerprint density at radius 1 is 1.35 bits per heavy atom. The molecule has 0 radical (unpaired) electrons. The standard InChI is InChI=1S/C21H16FN5.C3H9N/c1-3-5-15-8-9-27(26-15)19-10-17(25-18-12-24-13(2)20(18)19)21-14(11-23)6-4-7-16(21)22;1-3-4-2/h3-4,6-10,24H,1-2,5,12H2;4H,3H2,1-2H3. The summed E-state index contributed by atoms with van der Waals surface area (Å²) in [5.74, 6) is -0.481. The molecule has 1 aliphatic rings. The quantitative estimate of drug-likeness (QED) is 0.615. The van der Waals surface area contributed by atoms with Crippen LogP contribution in [-0.2, 0) is 13.0 Å². The number of nitrogens with one attached hydrogen (secondary N) is 2. The number of aromatic nitrogens is 3. The fraction of sp³-hybridized carbons (Fsp3) is 0.208. The van der Waals surface area contributed by atoms with E-state index in [1.807, 2.05) is 25.4 Å². The van der Waals surface area contributed by atoms with Gasteiger partial charge in [0.25, 0.3) is 0 Å². The molecule has 0 saturated heterocycles. The molecule has 158 valence electrons. The Labute approximate surface area is 181 Å². The van der Waals surface area contributed by atoms with E-state index in [1.54, 1.807) is 22.9 Å². The number of allylic oxidation sites excluding steroid dienone is 1. The molecule has 0 unspecified atom stereocenters. The van der Waals surface area contributed by atoms with Crippen molar-refractivity contribution in [2.24, 2.45) is 0 Å². The van der Waals surface area contributed by atoms with E-state index in [1.165, 1.54) is 12.1 Å². The molecule has 31 heavy (non-hydrogen) atoms. The molecule has 0 saturated carbocycles. The molecule has 4 rings (SSSR count). The molecule has 2 aromatic heterocycles. The minimum absolute atomic E-state index is 0.194. The monoisotopic (exact) mass is 416 g/mol. The largest absolute Gasteiger partial charge is 0.379 e. The lowest BCUT2D eigenvalue weighted by atomic mass is 10.0. The van der Waals surface area contributed by atoms with E-state index in [9.17, 15) is 9.65 Å². The molecule has 1 aromatic carbocycles. The van der Waals surface area contributed by atoms with Gasteiger partial charge in [0.1, 0.15) is 5.82 Å². The summed E-state index contributed by atoms with van der Waals surface area (Å²) >= 11 is 0. The molecule has 0 fully saturated rings. The zero-order valence-electron chi connectivity index (χ0n) is 17.7. The van der Waals surface area contributed by atoms with Crippen molar-refractivity contribution >= 4 is 5.70 Å². The van der Waals surface area contributed by atoms with E-state index < -0.39 is 5.82 Å². The average Bonchev–Trinajstić information content (AvgIpc) is 3.40. The maximum absolute atomic E-state index is 14.5. The molecule has 1 aliphatic heterocycles. The highest BCUT2D eigenvalue weighted by atomic mass is 19.1. The highest BCUT2D eigenvalue weighted by Crippen LogP contribution is 2.34. The van der Waals surface area contributed by atoms with Gasteiger partial charge in [-0.1, -0.05) is 25.6 Å². The van der Waals surface area contributed by atoms with Gasteiger partial charge in [-0.2, -0.15) is 10.4 Å². The number of rotatable bonds is 5. The summed E-state index contributed by atoms with van der Waals surface area (Å²) in [6, 6.07) is 10.1. The fourth-order valence-electron chi connectivity index (χ4n) is 3.26. The van der Waals surface area contributed by atoms with E-state index in [-0.39, 0.29) is 11.1 Å². The van der Waals surface area contributed by atoms with Gasteiger partial charge in [-0.25, -0.2) is 14.1 Å². The van der Waals surface area contributed by atoms with Crippen molar-refractivity contribution in [1.29, 1.82) is 5.26 Å². The van der Waals surface area contributed by atoms with Gasteiger partial charge in [0.05, 0.1) is 46.5 Å². The Morgan fingerprint density at radius 3 is 2.81 bits per heavy atom. The fourth-order valence-corrected chi connectivity index (χ4v) is 3.26. The number of nitriles is 1. The highest BCUT2D eigenvalue weighted by Gasteiger charge is 2.24. The van der Waals surface area contributed by atoms with Crippen molar-refractivity contribution in [3.8, 4) is 23.0 Å². The molecular formula is C24H25FN6. The molecule has 2 N–H and O–H groups in total. The maximum atomic E-state index is 14.5. The number of hydrogen-bond donors (Lipinski definition) is 2. The molecule has 0 aliphatic carbocycles. The summed E-state index contributed by atoms with van der Waals surface area (Å²) in [5.41, 5.74) is 4.79.